The third-order valence-electron chi connectivity index (χ3n) is 4.59. The van der Waals surface area contributed by atoms with Crippen molar-refractivity contribution in [2.75, 3.05) is 13.7 Å². The SMILES string of the molecule is COc1ccc(CCNC2c3ccccc3OC(C)(C)C2O)cc1.Cl. The van der Waals surface area contributed by atoms with Gasteiger partial charge in [0.05, 0.1) is 13.2 Å². The number of hydrogen-bond acceptors (Lipinski definition) is 4. The number of benzene rings is 2. The van der Waals surface area contributed by atoms with Gasteiger partial charge < -0.3 is 19.9 Å². The Labute approximate surface area is 155 Å². The van der Waals surface area contributed by atoms with Gasteiger partial charge >= 0.3 is 0 Å². The zero-order valence-corrected chi connectivity index (χ0v) is 15.7. The number of fused-ring (bicyclic) bond motifs is 1. The summed E-state index contributed by atoms with van der Waals surface area (Å²) in [6, 6.07) is 15.8. The van der Waals surface area contributed by atoms with Crippen molar-refractivity contribution in [2.24, 2.45) is 0 Å². The highest BCUT2D eigenvalue weighted by Crippen LogP contribution is 2.39. The monoisotopic (exact) mass is 363 g/mol. The molecule has 2 unspecified atom stereocenters. The molecular weight excluding hydrogens is 338 g/mol. The molecule has 0 amide bonds. The Morgan fingerprint density at radius 3 is 2.48 bits per heavy atom. The molecule has 0 saturated heterocycles. The first kappa shape index (κ1) is 19.6. The third-order valence-corrected chi connectivity index (χ3v) is 4.59. The van der Waals surface area contributed by atoms with Crippen LogP contribution in [0.5, 0.6) is 11.5 Å². The summed E-state index contributed by atoms with van der Waals surface area (Å²) < 4.78 is 11.1. The lowest BCUT2D eigenvalue weighted by Gasteiger charge is -2.42. The second kappa shape index (κ2) is 8.09. The third kappa shape index (κ3) is 4.27. The largest absolute Gasteiger partial charge is 0.497 e. The number of aliphatic hydroxyl groups excluding tert-OH is 1. The van der Waals surface area contributed by atoms with E-state index >= 15 is 0 Å². The topological polar surface area (TPSA) is 50.7 Å². The first-order valence-corrected chi connectivity index (χ1v) is 8.33. The van der Waals surface area contributed by atoms with Crippen LogP contribution in [0, 0.1) is 0 Å². The van der Waals surface area contributed by atoms with Crippen LogP contribution in [0.1, 0.15) is 31.0 Å². The minimum Gasteiger partial charge on any atom is -0.497 e. The molecule has 0 bridgehead atoms. The molecule has 0 radical (unpaired) electrons. The summed E-state index contributed by atoms with van der Waals surface area (Å²) in [5, 5.41) is 14.2. The minimum atomic E-state index is -0.619. The Balaban J connectivity index is 0.00000225. The lowest BCUT2D eigenvalue weighted by atomic mass is 9.86. The van der Waals surface area contributed by atoms with Gasteiger partial charge in [-0.2, -0.15) is 0 Å². The molecule has 2 N–H and O–H groups in total. The predicted octanol–water partition coefficient (Wildman–Crippen LogP) is 3.52. The molecule has 4 nitrogen and oxygen atoms in total. The van der Waals surface area contributed by atoms with Crippen molar-refractivity contribution < 1.29 is 14.6 Å². The minimum absolute atomic E-state index is 0. The molecular formula is C20H26ClNO3. The maximum absolute atomic E-state index is 10.7. The summed E-state index contributed by atoms with van der Waals surface area (Å²) in [6.45, 7) is 4.62. The van der Waals surface area contributed by atoms with Crippen LogP contribution in [-0.2, 0) is 6.42 Å². The first-order chi connectivity index (χ1) is 11.5. The molecule has 1 aliphatic heterocycles. The average Bonchev–Trinajstić information content (AvgIpc) is 2.58. The van der Waals surface area contributed by atoms with E-state index < -0.39 is 11.7 Å². The number of aliphatic hydroxyl groups is 1. The molecule has 25 heavy (non-hydrogen) atoms. The van der Waals surface area contributed by atoms with Crippen molar-refractivity contribution in [3.05, 3.63) is 59.7 Å². The quantitative estimate of drug-likeness (QED) is 0.853. The molecule has 3 rings (SSSR count). The van der Waals surface area contributed by atoms with E-state index in [9.17, 15) is 5.11 Å². The Kier molecular flexibility index (Phi) is 6.33. The molecule has 0 spiro atoms. The van der Waals surface area contributed by atoms with E-state index in [0.717, 1.165) is 30.0 Å². The summed E-state index contributed by atoms with van der Waals surface area (Å²) in [6.07, 6.45) is 0.277. The van der Waals surface area contributed by atoms with E-state index in [1.54, 1.807) is 7.11 Å². The summed E-state index contributed by atoms with van der Waals surface area (Å²) in [4.78, 5) is 0. The highest BCUT2D eigenvalue weighted by atomic mass is 35.5. The fourth-order valence-corrected chi connectivity index (χ4v) is 3.13. The molecule has 0 fully saturated rings. The van der Waals surface area contributed by atoms with Gasteiger partial charge in [0.25, 0.3) is 0 Å². The summed E-state index contributed by atoms with van der Waals surface area (Å²) in [5.41, 5.74) is 1.63. The molecule has 1 aliphatic rings. The number of hydrogen-bond donors (Lipinski definition) is 2. The van der Waals surface area contributed by atoms with E-state index in [1.807, 2.05) is 50.2 Å². The lowest BCUT2D eigenvalue weighted by Crippen LogP contribution is -2.52. The Hall–Kier alpha value is -1.75. The Morgan fingerprint density at radius 1 is 1.12 bits per heavy atom. The van der Waals surface area contributed by atoms with Crippen LogP contribution >= 0.6 is 12.4 Å². The van der Waals surface area contributed by atoms with E-state index in [-0.39, 0.29) is 18.4 Å². The standard InChI is InChI=1S/C20H25NO3.ClH/c1-20(2)19(22)18(16-6-4-5-7-17(16)24-20)21-13-12-14-8-10-15(23-3)11-9-14;/h4-11,18-19,21-22H,12-13H2,1-3H3;1H. The lowest BCUT2D eigenvalue weighted by molar-refractivity contribution is -0.0643. The summed E-state index contributed by atoms with van der Waals surface area (Å²) in [7, 11) is 1.67. The molecule has 2 aromatic rings. The van der Waals surface area contributed by atoms with Crippen molar-refractivity contribution >= 4 is 12.4 Å². The van der Waals surface area contributed by atoms with Crippen LogP contribution in [-0.4, -0.2) is 30.5 Å². The van der Waals surface area contributed by atoms with Crippen LogP contribution in [0.3, 0.4) is 0 Å². The number of rotatable bonds is 5. The maximum atomic E-state index is 10.7. The number of ether oxygens (including phenoxy) is 2. The molecule has 5 heteroatoms. The molecule has 136 valence electrons. The molecule has 0 saturated carbocycles. The van der Waals surface area contributed by atoms with E-state index in [2.05, 4.69) is 17.4 Å². The molecule has 0 aromatic heterocycles. The number of nitrogens with one attached hydrogen (secondary N) is 1. The van der Waals surface area contributed by atoms with Crippen LogP contribution in [0.4, 0.5) is 0 Å². The van der Waals surface area contributed by atoms with Crippen molar-refractivity contribution in [1.29, 1.82) is 0 Å². The van der Waals surface area contributed by atoms with Gasteiger partial charge in [-0.3, -0.25) is 0 Å². The van der Waals surface area contributed by atoms with E-state index in [4.69, 9.17) is 9.47 Å². The van der Waals surface area contributed by atoms with Crippen LogP contribution < -0.4 is 14.8 Å². The fourth-order valence-electron chi connectivity index (χ4n) is 3.13. The van der Waals surface area contributed by atoms with Gasteiger partial charge in [0.1, 0.15) is 23.2 Å². The highest BCUT2D eigenvalue weighted by Gasteiger charge is 2.42. The summed E-state index contributed by atoms with van der Waals surface area (Å²) in [5.74, 6) is 1.71. The Bertz CT molecular complexity index is 688. The zero-order valence-electron chi connectivity index (χ0n) is 14.9. The van der Waals surface area contributed by atoms with E-state index in [1.165, 1.54) is 5.56 Å². The van der Waals surface area contributed by atoms with Gasteiger partial charge in [-0.15, -0.1) is 12.4 Å². The number of halogens is 1. The van der Waals surface area contributed by atoms with Gasteiger partial charge in [-0.05, 0) is 50.6 Å². The number of para-hydroxylation sites is 1. The van der Waals surface area contributed by atoms with Gasteiger partial charge in [-0.1, -0.05) is 30.3 Å². The second-order valence-electron chi connectivity index (χ2n) is 6.72. The van der Waals surface area contributed by atoms with Gasteiger partial charge in [-0.25, -0.2) is 0 Å². The van der Waals surface area contributed by atoms with Gasteiger partial charge in [0.15, 0.2) is 0 Å². The van der Waals surface area contributed by atoms with Crippen LogP contribution in [0.2, 0.25) is 0 Å². The van der Waals surface area contributed by atoms with Gasteiger partial charge in [0.2, 0.25) is 0 Å². The number of methoxy groups -OCH3 is 1. The Morgan fingerprint density at radius 2 is 1.80 bits per heavy atom. The average molecular weight is 364 g/mol. The molecule has 2 atom stereocenters. The summed E-state index contributed by atoms with van der Waals surface area (Å²) >= 11 is 0. The van der Waals surface area contributed by atoms with Crippen LogP contribution in [0.25, 0.3) is 0 Å². The van der Waals surface area contributed by atoms with Crippen molar-refractivity contribution in [1.82, 2.24) is 5.32 Å². The van der Waals surface area contributed by atoms with Gasteiger partial charge in [0, 0.05) is 5.56 Å². The molecule has 2 aromatic carbocycles. The second-order valence-corrected chi connectivity index (χ2v) is 6.72. The first-order valence-electron chi connectivity index (χ1n) is 8.33. The normalized spacial score (nSPS) is 20.8. The molecule has 0 aliphatic carbocycles. The van der Waals surface area contributed by atoms with Crippen molar-refractivity contribution in [3.63, 3.8) is 0 Å². The van der Waals surface area contributed by atoms with Crippen molar-refractivity contribution in [2.45, 2.75) is 38.0 Å². The van der Waals surface area contributed by atoms with E-state index in [0.29, 0.717) is 0 Å². The highest BCUT2D eigenvalue weighted by molar-refractivity contribution is 5.85. The smallest absolute Gasteiger partial charge is 0.131 e. The molecule has 1 heterocycles. The zero-order chi connectivity index (χ0) is 17.2. The van der Waals surface area contributed by atoms with Crippen LogP contribution in [0.15, 0.2) is 48.5 Å². The predicted molar refractivity (Wildman–Crippen MR) is 102 cm³/mol. The fraction of sp³-hybridized carbons (Fsp3) is 0.400. The van der Waals surface area contributed by atoms with Crippen molar-refractivity contribution in [3.8, 4) is 11.5 Å². The maximum Gasteiger partial charge on any atom is 0.131 e.